The van der Waals surface area contributed by atoms with Gasteiger partial charge in [0.25, 0.3) is 0 Å². The minimum atomic E-state index is -0.0552. The summed E-state index contributed by atoms with van der Waals surface area (Å²) in [6, 6.07) is 14.3. The van der Waals surface area contributed by atoms with Gasteiger partial charge in [-0.15, -0.1) is 5.10 Å². The molecule has 0 fully saturated rings. The fraction of sp³-hybridized carbons (Fsp3) is 0.318. The summed E-state index contributed by atoms with van der Waals surface area (Å²) in [5.41, 5.74) is 1.95. The van der Waals surface area contributed by atoms with Crippen LogP contribution in [0.4, 0.5) is 5.69 Å². The lowest BCUT2D eigenvalue weighted by Crippen LogP contribution is -2.11. The van der Waals surface area contributed by atoms with Gasteiger partial charge in [0.15, 0.2) is 5.78 Å². The number of Topliss-reactive ketones (excluding diaryl/α,β-unsaturated/α-hetero) is 1. The monoisotopic (exact) mass is 439 g/mol. The van der Waals surface area contributed by atoms with E-state index in [-0.39, 0.29) is 17.4 Å². The van der Waals surface area contributed by atoms with Gasteiger partial charge in [0.1, 0.15) is 11.4 Å². The Morgan fingerprint density at radius 2 is 1.87 bits per heavy atom. The molecule has 1 N–H and O–H groups in total. The van der Waals surface area contributed by atoms with Crippen molar-refractivity contribution in [2.75, 3.05) is 18.2 Å². The maximum Gasteiger partial charge on any atom is 0.224 e. The van der Waals surface area contributed by atoms with Crippen molar-refractivity contribution >= 4 is 29.1 Å². The number of amides is 1. The number of ether oxygens (including phenoxy) is 1. The molecule has 3 rings (SSSR count). The molecule has 9 heteroatoms. The number of tetrazole rings is 1. The van der Waals surface area contributed by atoms with Crippen molar-refractivity contribution in [3.63, 3.8) is 0 Å². The average molecular weight is 440 g/mol. The quantitative estimate of drug-likeness (QED) is 0.272. The summed E-state index contributed by atoms with van der Waals surface area (Å²) in [4.78, 5) is 24.5. The number of nitrogens with one attached hydrogen (secondary N) is 1. The summed E-state index contributed by atoms with van der Waals surface area (Å²) in [6.07, 6.45) is 3.50. The Morgan fingerprint density at radius 3 is 2.61 bits per heavy atom. The highest BCUT2D eigenvalue weighted by atomic mass is 32.2. The molecule has 0 saturated carbocycles. The molecule has 0 atom stereocenters. The van der Waals surface area contributed by atoms with E-state index >= 15 is 0 Å². The van der Waals surface area contributed by atoms with E-state index in [0.717, 1.165) is 19.3 Å². The van der Waals surface area contributed by atoms with E-state index in [4.69, 9.17) is 4.74 Å². The first-order valence-corrected chi connectivity index (χ1v) is 11.1. The number of rotatable bonds is 11. The Kier molecular flexibility index (Phi) is 8.17. The second-order valence-electron chi connectivity index (χ2n) is 6.84. The Morgan fingerprint density at radius 1 is 1.10 bits per heavy atom. The SMILES string of the molecule is CCCCCC(=O)Nc1ccc(C(=O)CSc2nnnn2-c2ccccc2OC)cc1. The Labute approximate surface area is 185 Å². The average Bonchev–Trinajstić information content (AvgIpc) is 3.26. The van der Waals surface area contributed by atoms with Crippen LogP contribution in [-0.2, 0) is 4.79 Å². The predicted molar refractivity (Wildman–Crippen MR) is 120 cm³/mol. The van der Waals surface area contributed by atoms with Gasteiger partial charge in [0.2, 0.25) is 11.1 Å². The van der Waals surface area contributed by atoms with Crippen LogP contribution in [-0.4, -0.2) is 44.8 Å². The van der Waals surface area contributed by atoms with Crippen LogP contribution in [0.5, 0.6) is 5.75 Å². The third-order valence-electron chi connectivity index (χ3n) is 4.58. The van der Waals surface area contributed by atoms with Crippen molar-refractivity contribution in [1.29, 1.82) is 0 Å². The molecule has 162 valence electrons. The summed E-state index contributed by atoms with van der Waals surface area (Å²) in [7, 11) is 1.58. The van der Waals surface area contributed by atoms with Gasteiger partial charge >= 0.3 is 0 Å². The Hall–Kier alpha value is -3.20. The van der Waals surface area contributed by atoms with Gasteiger partial charge in [-0.25, -0.2) is 0 Å². The third kappa shape index (κ3) is 6.14. The molecule has 0 aliphatic heterocycles. The van der Waals surface area contributed by atoms with Gasteiger partial charge in [-0.05, 0) is 53.2 Å². The number of aromatic nitrogens is 4. The zero-order chi connectivity index (χ0) is 22.1. The molecule has 0 aliphatic rings. The lowest BCUT2D eigenvalue weighted by molar-refractivity contribution is -0.116. The van der Waals surface area contributed by atoms with Crippen LogP contribution < -0.4 is 10.1 Å². The lowest BCUT2D eigenvalue weighted by Gasteiger charge is -2.09. The second-order valence-corrected chi connectivity index (χ2v) is 7.78. The highest BCUT2D eigenvalue weighted by Gasteiger charge is 2.15. The van der Waals surface area contributed by atoms with Gasteiger partial charge in [-0.1, -0.05) is 43.7 Å². The number of hydrogen-bond donors (Lipinski definition) is 1. The minimum Gasteiger partial charge on any atom is -0.494 e. The number of carbonyl (C=O) groups excluding carboxylic acids is 2. The standard InChI is InChI=1S/C22H25N5O3S/c1-3-4-5-10-21(29)23-17-13-11-16(12-14-17)19(28)15-31-22-24-25-26-27(22)18-8-6-7-9-20(18)30-2/h6-9,11-14H,3-5,10,15H2,1-2H3,(H,23,29). The molecule has 0 bridgehead atoms. The van der Waals surface area contributed by atoms with Crippen LogP contribution in [0.1, 0.15) is 43.0 Å². The smallest absolute Gasteiger partial charge is 0.224 e. The van der Waals surface area contributed by atoms with Crippen LogP contribution >= 0.6 is 11.8 Å². The third-order valence-corrected chi connectivity index (χ3v) is 5.50. The Bertz CT molecular complexity index is 1020. The van der Waals surface area contributed by atoms with E-state index in [1.807, 2.05) is 24.3 Å². The van der Waals surface area contributed by atoms with Crippen LogP contribution in [0.15, 0.2) is 53.7 Å². The largest absolute Gasteiger partial charge is 0.494 e. The first kappa shape index (κ1) is 22.5. The van der Waals surface area contributed by atoms with Gasteiger partial charge in [0, 0.05) is 17.7 Å². The van der Waals surface area contributed by atoms with Crippen molar-refractivity contribution in [3.8, 4) is 11.4 Å². The van der Waals surface area contributed by atoms with E-state index in [1.54, 1.807) is 36.1 Å². The minimum absolute atomic E-state index is 0.00809. The maximum atomic E-state index is 12.6. The van der Waals surface area contributed by atoms with E-state index in [0.29, 0.717) is 34.3 Å². The van der Waals surface area contributed by atoms with Gasteiger partial charge in [-0.3, -0.25) is 9.59 Å². The first-order chi connectivity index (χ1) is 15.1. The number of para-hydroxylation sites is 2. The second kappa shape index (κ2) is 11.3. The van der Waals surface area contributed by atoms with E-state index < -0.39 is 0 Å². The summed E-state index contributed by atoms with van der Waals surface area (Å²) in [5.74, 6) is 0.750. The number of anilines is 1. The maximum absolute atomic E-state index is 12.6. The Balaban J connectivity index is 1.58. The highest BCUT2D eigenvalue weighted by molar-refractivity contribution is 7.99. The van der Waals surface area contributed by atoms with E-state index in [9.17, 15) is 9.59 Å². The molecule has 3 aromatic rings. The van der Waals surface area contributed by atoms with Crippen molar-refractivity contribution in [3.05, 3.63) is 54.1 Å². The van der Waals surface area contributed by atoms with Crippen molar-refractivity contribution in [2.45, 2.75) is 37.8 Å². The van der Waals surface area contributed by atoms with Crippen LogP contribution in [0, 0.1) is 0 Å². The molecule has 0 spiro atoms. The van der Waals surface area contributed by atoms with Crippen molar-refractivity contribution < 1.29 is 14.3 Å². The van der Waals surface area contributed by atoms with E-state index in [2.05, 4.69) is 27.8 Å². The number of thioether (sulfide) groups is 1. The number of benzene rings is 2. The molecule has 0 saturated heterocycles. The molecule has 1 heterocycles. The molecule has 0 unspecified atom stereocenters. The molecule has 31 heavy (non-hydrogen) atoms. The zero-order valence-electron chi connectivity index (χ0n) is 17.6. The topological polar surface area (TPSA) is 99.0 Å². The molecule has 1 amide bonds. The summed E-state index contributed by atoms with van der Waals surface area (Å²) >= 11 is 1.25. The normalized spacial score (nSPS) is 10.6. The summed E-state index contributed by atoms with van der Waals surface area (Å²) < 4.78 is 6.91. The fourth-order valence-corrected chi connectivity index (χ4v) is 3.72. The highest BCUT2D eigenvalue weighted by Crippen LogP contribution is 2.26. The van der Waals surface area contributed by atoms with Crippen molar-refractivity contribution in [1.82, 2.24) is 20.2 Å². The van der Waals surface area contributed by atoms with Crippen LogP contribution in [0.3, 0.4) is 0 Å². The van der Waals surface area contributed by atoms with Crippen LogP contribution in [0.2, 0.25) is 0 Å². The summed E-state index contributed by atoms with van der Waals surface area (Å²) in [5, 5.41) is 15.1. The van der Waals surface area contributed by atoms with Crippen molar-refractivity contribution in [2.24, 2.45) is 0 Å². The molecule has 0 radical (unpaired) electrons. The molecular formula is C22H25N5O3S. The lowest BCUT2D eigenvalue weighted by atomic mass is 10.1. The molecular weight excluding hydrogens is 414 g/mol. The first-order valence-electron chi connectivity index (χ1n) is 10.1. The number of nitrogens with zero attached hydrogens (tertiary/aromatic N) is 4. The zero-order valence-corrected chi connectivity index (χ0v) is 18.4. The van der Waals surface area contributed by atoms with E-state index in [1.165, 1.54) is 11.8 Å². The number of carbonyl (C=O) groups is 2. The summed E-state index contributed by atoms with van der Waals surface area (Å²) in [6.45, 7) is 2.10. The predicted octanol–water partition coefficient (Wildman–Crippen LogP) is 4.16. The number of hydrogen-bond acceptors (Lipinski definition) is 7. The van der Waals surface area contributed by atoms with Gasteiger partial charge < -0.3 is 10.1 Å². The number of ketones is 1. The molecule has 1 aromatic heterocycles. The number of unbranched alkanes of at least 4 members (excludes halogenated alkanes) is 2. The van der Waals surface area contributed by atoms with Crippen LogP contribution in [0.25, 0.3) is 5.69 Å². The molecule has 2 aromatic carbocycles. The van der Waals surface area contributed by atoms with Gasteiger partial charge in [-0.2, -0.15) is 4.68 Å². The van der Waals surface area contributed by atoms with Gasteiger partial charge in [0.05, 0.1) is 12.9 Å². The number of methoxy groups -OCH3 is 1. The fourth-order valence-electron chi connectivity index (χ4n) is 2.94. The molecule has 0 aliphatic carbocycles. The molecule has 8 nitrogen and oxygen atoms in total.